The summed E-state index contributed by atoms with van der Waals surface area (Å²) in [6.07, 6.45) is 0.0568. The van der Waals surface area contributed by atoms with Crippen molar-refractivity contribution in [3.05, 3.63) is 59.2 Å². The highest BCUT2D eigenvalue weighted by molar-refractivity contribution is 7.88. The van der Waals surface area contributed by atoms with Crippen LogP contribution in [0.15, 0.2) is 42.5 Å². The Labute approximate surface area is 176 Å². The van der Waals surface area contributed by atoms with Gasteiger partial charge in [-0.15, -0.1) is 0 Å². The molecule has 0 aromatic heterocycles. The number of sulfonamides is 1. The van der Waals surface area contributed by atoms with Gasteiger partial charge in [0, 0.05) is 24.9 Å². The highest BCUT2D eigenvalue weighted by Gasteiger charge is 2.14. The number of hydrogen-bond acceptors (Lipinski definition) is 6. The number of benzene rings is 2. The standard InChI is InChI=1S/C21H26N2O6S/c1-22-30(26,27)14-17-7-5-4-6-16(17)13-23-21(25)11-9-18(24)15-8-10-19(28-2)20(12-15)29-3/h4-8,10,12,22H,9,11,13-14H2,1-3H3,(H,23,25). The Kier molecular flexibility index (Phi) is 8.37. The van der Waals surface area contributed by atoms with E-state index in [0.29, 0.717) is 28.2 Å². The fourth-order valence-electron chi connectivity index (χ4n) is 2.81. The van der Waals surface area contributed by atoms with Crippen LogP contribution >= 0.6 is 0 Å². The van der Waals surface area contributed by atoms with Crippen molar-refractivity contribution in [2.45, 2.75) is 25.1 Å². The zero-order valence-corrected chi connectivity index (χ0v) is 18.0. The third-order valence-corrected chi connectivity index (χ3v) is 5.85. The molecule has 0 saturated heterocycles. The molecule has 0 aliphatic heterocycles. The van der Waals surface area contributed by atoms with Crippen LogP contribution in [0.2, 0.25) is 0 Å². The first kappa shape index (κ1) is 23.4. The van der Waals surface area contributed by atoms with Crippen LogP contribution < -0.4 is 19.5 Å². The number of nitrogens with one attached hydrogen (secondary N) is 2. The molecule has 0 bridgehead atoms. The smallest absolute Gasteiger partial charge is 0.220 e. The van der Waals surface area contributed by atoms with Crippen molar-refractivity contribution in [1.29, 1.82) is 0 Å². The van der Waals surface area contributed by atoms with Crippen LogP contribution in [0, 0.1) is 0 Å². The average molecular weight is 435 g/mol. The van der Waals surface area contributed by atoms with Crippen molar-refractivity contribution in [1.82, 2.24) is 10.0 Å². The highest BCUT2D eigenvalue weighted by Crippen LogP contribution is 2.28. The third-order valence-electron chi connectivity index (χ3n) is 4.54. The van der Waals surface area contributed by atoms with E-state index in [-0.39, 0.29) is 36.8 Å². The van der Waals surface area contributed by atoms with Crippen LogP contribution in [-0.2, 0) is 27.1 Å². The Hall–Kier alpha value is -2.91. The fraction of sp³-hybridized carbons (Fsp3) is 0.333. The van der Waals surface area contributed by atoms with E-state index in [4.69, 9.17) is 9.47 Å². The van der Waals surface area contributed by atoms with E-state index in [1.54, 1.807) is 42.5 Å². The van der Waals surface area contributed by atoms with Gasteiger partial charge in [0.1, 0.15) is 0 Å². The first-order valence-corrected chi connectivity index (χ1v) is 10.9. The van der Waals surface area contributed by atoms with E-state index in [2.05, 4.69) is 10.0 Å². The molecule has 0 atom stereocenters. The minimum absolute atomic E-state index is 0.0180. The van der Waals surface area contributed by atoms with Crippen LogP contribution in [0.25, 0.3) is 0 Å². The monoisotopic (exact) mass is 434 g/mol. The van der Waals surface area contributed by atoms with E-state index in [1.165, 1.54) is 21.3 Å². The van der Waals surface area contributed by atoms with Gasteiger partial charge in [-0.05, 0) is 36.4 Å². The Morgan fingerprint density at radius 2 is 1.60 bits per heavy atom. The number of amides is 1. The second-order valence-corrected chi connectivity index (χ2v) is 8.43. The molecule has 0 saturated carbocycles. The summed E-state index contributed by atoms with van der Waals surface area (Å²) in [5, 5.41) is 2.74. The molecule has 8 nitrogen and oxygen atoms in total. The number of methoxy groups -OCH3 is 2. The highest BCUT2D eigenvalue weighted by atomic mass is 32.2. The number of hydrogen-bond donors (Lipinski definition) is 2. The lowest BCUT2D eigenvalue weighted by Crippen LogP contribution is -2.25. The molecular formula is C21H26N2O6S. The van der Waals surface area contributed by atoms with Gasteiger partial charge in [0.15, 0.2) is 17.3 Å². The first-order chi connectivity index (χ1) is 14.3. The van der Waals surface area contributed by atoms with E-state index < -0.39 is 10.0 Å². The van der Waals surface area contributed by atoms with E-state index in [0.717, 1.165) is 0 Å². The molecule has 2 aromatic carbocycles. The van der Waals surface area contributed by atoms with Crippen molar-refractivity contribution in [3.63, 3.8) is 0 Å². The SMILES string of the molecule is CNS(=O)(=O)Cc1ccccc1CNC(=O)CCC(=O)c1ccc(OC)c(OC)c1. The van der Waals surface area contributed by atoms with Crippen molar-refractivity contribution >= 4 is 21.7 Å². The quantitative estimate of drug-likeness (QED) is 0.524. The lowest BCUT2D eigenvalue weighted by Gasteiger charge is -2.11. The van der Waals surface area contributed by atoms with E-state index in [1.807, 2.05) is 0 Å². The van der Waals surface area contributed by atoms with Gasteiger partial charge in [0.05, 0.1) is 20.0 Å². The molecule has 0 heterocycles. The summed E-state index contributed by atoms with van der Waals surface area (Å²) in [5.74, 6) is 0.307. The number of ether oxygens (including phenoxy) is 2. The molecule has 2 rings (SSSR count). The van der Waals surface area contributed by atoms with E-state index in [9.17, 15) is 18.0 Å². The molecule has 0 unspecified atom stereocenters. The summed E-state index contributed by atoms with van der Waals surface area (Å²) in [5.41, 5.74) is 1.74. The largest absolute Gasteiger partial charge is 0.493 e. The zero-order valence-electron chi connectivity index (χ0n) is 17.2. The van der Waals surface area contributed by atoms with Crippen LogP contribution in [0.1, 0.15) is 34.3 Å². The van der Waals surface area contributed by atoms with Crippen molar-refractivity contribution in [2.24, 2.45) is 0 Å². The summed E-state index contributed by atoms with van der Waals surface area (Å²) < 4.78 is 36.2. The topological polar surface area (TPSA) is 111 Å². The average Bonchev–Trinajstić information content (AvgIpc) is 2.76. The summed E-state index contributed by atoms with van der Waals surface area (Å²) in [7, 11) is 0.928. The Morgan fingerprint density at radius 3 is 2.23 bits per heavy atom. The maximum absolute atomic E-state index is 12.4. The molecule has 2 N–H and O–H groups in total. The summed E-state index contributed by atoms with van der Waals surface area (Å²) in [6, 6.07) is 11.8. The van der Waals surface area contributed by atoms with Gasteiger partial charge >= 0.3 is 0 Å². The molecule has 1 amide bonds. The van der Waals surface area contributed by atoms with Crippen LogP contribution in [-0.4, -0.2) is 41.4 Å². The van der Waals surface area contributed by atoms with Gasteiger partial charge in [-0.2, -0.15) is 0 Å². The fourth-order valence-corrected chi connectivity index (χ4v) is 3.65. The maximum atomic E-state index is 12.4. The van der Waals surface area contributed by atoms with Crippen molar-refractivity contribution in [3.8, 4) is 11.5 Å². The van der Waals surface area contributed by atoms with Crippen LogP contribution in [0.4, 0.5) is 0 Å². The number of ketones is 1. The summed E-state index contributed by atoms with van der Waals surface area (Å²) in [4.78, 5) is 24.6. The van der Waals surface area contributed by atoms with Gasteiger partial charge in [0.25, 0.3) is 0 Å². The molecule has 0 spiro atoms. The Morgan fingerprint density at radius 1 is 0.933 bits per heavy atom. The minimum atomic E-state index is -3.42. The molecule has 162 valence electrons. The summed E-state index contributed by atoms with van der Waals surface area (Å²) in [6.45, 7) is 0.179. The predicted octanol–water partition coefficient (Wildman–Crippen LogP) is 2.03. The normalized spacial score (nSPS) is 11.0. The second-order valence-electron chi connectivity index (χ2n) is 6.50. The molecule has 0 fully saturated rings. The molecule has 0 radical (unpaired) electrons. The van der Waals surface area contributed by atoms with Gasteiger partial charge in [-0.3, -0.25) is 9.59 Å². The predicted molar refractivity (Wildman–Crippen MR) is 113 cm³/mol. The van der Waals surface area contributed by atoms with Crippen molar-refractivity contribution < 1.29 is 27.5 Å². The van der Waals surface area contributed by atoms with Crippen LogP contribution in [0.3, 0.4) is 0 Å². The summed E-state index contributed by atoms with van der Waals surface area (Å²) >= 11 is 0. The lowest BCUT2D eigenvalue weighted by atomic mass is 10.1. The molecule has 2 aromatic rings. The molecule has 30 heavy (non-hydrogen) atoms. The molecule has 9 heteroatoms. The lowest BCUT2D eigenvalue weighted by molar-refractivity contribution is -0.121. The van der Waals surface area contributed by atoms with Gasteiger partial charge in [0.2, 0.25) is 15.9 Å². The minimum Gasteiger partial charge on any atom is -0.493 e. The number of rotatable bonds is 11. The molecule has 0 aliphatic rings. The van der Waals surface area contributed by atoms with Crippen molar-refractivity contribution in [2.75, 3.05) is 21.3 Å². The van der Waals surface area contributed by atoms with Gasteiger partial charge in [-0.1, -0.05) is 24.3 Å². The third kappa shape index (κ3) is 6.57. The Bertz CT molecular complexity index is 1000. The van der Waals surface area contributed by atoms with Gasteiger partial charge in [-0.25, -0.2) is 13.1 Å². The second kappa shape index (κ2) is 10.7. The Balaban J connectivity index is 1.92. The number of Topliss-reactive ketones (excluding diaryl/α,β-unsaturated/α-hetero) is 1. The first-order valence-electron chi connectivity index (χ1n) is 9.29. The number of carbonyl (C=O) groups is 2. The van der Waals surface area contributed by atoms with E-state index >= 15 is 0 Å². The molecule has 0 aliphatic carbocycles. The zero-order chi connectivity index (χ0) is 22.1. The van der Waals surface area contributed by atoms with Crippen LogP contribution in [0.5, 0.6) is 11.5 Å². The molecular weight excluding hydrogens is 408 g/mol. The number of carbonyl (C=O) groups excluding carboxylic acids is 2. The maximum Gasteiger partial charge on any atom is 0.220 e. The van der Waals surface area contributed by atoms with Gasteiger partial charge < -0.3 is 14.8 Å².